The number of carbonyl (C=O) groups excluding carboxylic acids is 1. The molecule has 9 nitrogen and oxygen atoms in total. The predicted octanol–water partition coefficient (Wildman–Crippen LogP) is 4.00. The molecular weight excluding hydrogens is 487 g/mol. The smallest absolute Gasteiger partial charge is 0.397 e. The van der Waals surface area contributed by atoms with Gasteiger partial charge in [0.15, 0.2) is 0 Å². The minimum atomic E-state index is -4.57. The molecule has 3 aromatic rings. The highest BCUT2D eigenvalue weighted by Crippen LogP contribution is 2.34. The van der Waals surface area contributed by atoms with Gasteiger partial charge in [0, 0.05) is 43.7 Å². The normalized spacial score (nSPS) is 11.9. The van der Waals surface area contributed by atoms with Crippen LogP contribution in [0.4, 0.5) is 30.2 Å². The Morgan fingerprint density at radius 2 is 1.92 bits per heavy atom. The van der Waals surface area contributed by atoms with Crippen molar-refractivity contribution < 1.29 is 22.7 Å². The highest BCUT2D eigenvalue weighted by Gasteiger charge is 2.31. The second kappa shape index (κ2) is 11.4. The Morgan fingerprint density at radius 3 is 2.54 bits per heavy atom. The van der Waals surface area contributed by atoms with Gasteiger partial charge >= 0.3 is 6.18 Å². The molecule has 2 aromatic carbocycles. The second-order valence-electron chi connectivity index (χ2n) is 8.39. The van der Waals surface area contributed by atoms with E-state index in [1.165, 1.54) is 30.5 Å². The molecule has 1 heterocycles. The fourth-order valence-corrected chi connectivity index (χ4v) is 3.56. The summed E-state index contributed by atoms with van der Waals surface area (Å²) in [6, 6.07) is 7.89. The van der Waals surface area contributed by atoms with Crippen molar-refractivity contribution in [3.63, 3.8) is 0 Å². The number of aryl methyl sites for hydroxylation is 2. The zero-order chi connectivity index (χ0) is 27.3. The molecule has 0 fully saturated rings. The summed E-state index contributed by atoms with van der Waals surface area (Å²) in [5, 5.41) is 11.0. The molecule has 0 radical (unpaired) electrons. The van der Waals surface area contributed by atoms with Crippen LogP contribution in [0, 0.1) is 13.8 Å². The lowest BCUT2D eigenvalue weighted by Crippen LogP contribution is -2.27. The van der Waals surface area contributed by atoms with Crippen LogP contribution in [0.2, 0.25) is 0 Å². The third-order valence-corrected chi connectivity index (χ3v) is 5.79. The van der Waals surface area contributed by atoms with Crippen LogP contribution in [-0.4, -0.2) is 35.9 Å². The average Bonchev–Trinajstić information content (AvgIpc) is 3.17. The highest BCUT2D eigenvalue weighted by molar-refractivity contribution is 6.06. The summed E-state index contributed by atoms with van der Waals surface area (Å²) in [5.41, 5.74) is 9.01. The van der Waals surface area contributed by atoms with Crippen LogP contribution in [0.1, 0.15) is 32.7 Å². The molecule has 0 atom stereocenters. The Bertz CT molecular complexity index is 1300. The summed E-state index contributed by atoms with van der Waals surface area (Å²) in [6.07, 6.45) is -1.43. The number of methoxy groups -OCH3 is 1. The van der Waals surface area contributed by atoms with Crippen molar-refractivity contribution in [1.82, 2.24) is 9.78 Å². The van der Waals surface area contributed by atoms with E-state index in [0.717, 1.165) is 23.4 Å². The number of ether oxygens (including phenoxy) is 1. The summed E-state index contributed by atoms with van der Waals surface area (Å²) < 4.78 is 46.6. The van der Waals surface area contributed by atoms with Crippen LogP contribution >= 0.6 is 0 Å². The monoisotopic (exact) mass is 517 g/mol. The van der Waals surface area contributed by atoms with Crippen molar-refractivity contribution in [3.8, 4) is 0 Å². The summed E-state index contributed by atoms with van der Waals surface area (Å²) in [5.74, 6) is 5.64. The Morgan fingerprint density at radius 1 is 1.19 bits per heavy atom. The third kappa shape index (κ3) is 6.60. The molecule has 0 aliphatic rings. The molecule has 0 aliphatic carbocycles. The number of hydrogen-bond donors (Lipinski definition) is 4. The van der Waals surface area contributed by atoms with Crippen molar-refractivity contribution in [2.45, 2.75) is 20.0 Å². The molecule has 0 bridgehead atoms. The van der Waals surface area contributed by atoms with E-state index in [0.29, 0.717) is 35.8 Å². The predicted molar refractivity (Wildman–Crippen MR) is 138 cm³/mol. The molecule has 0 aliphatic heterocycles. The van der Waals surface area contributed by atoms with E-state index in [9.17, 15) is 18.0 Å². The first-order valence-corrected chi connectivity index (χ1v) is 11.3. The third-order valence-electron chi connectivity index (χ3n) is 5.79. The lowest BCUT2D eigenvalue weighted by molar-refractivity contribution is -0.137. The number of alkyl halides is 3. The molecular formula is C25H30F3N7O2. The minimum absolute atomic E-state index is 0.0150. The first-order valence-electron chi connectivity index (χ1n) is 11.3. The van der Waals surface area contributed by atoms with Crippen molar-refractivity contribution >= 4 is 28.7 Å². The number of halogens is 3. The summed E-state index contributed by atoms with van der Waals surface area (Å²) in [7, 11) is 3.30. The molecule has 0 spiro atoms. The van der Waals surface area contributed by atoms with E-state index >= 15 is 0 Å². The van der Waals surface area contributed by atoms with Crippen molar-refractivity contribution in [1.29, 1.82) is 0 Å². The van der Waals surface area contributed by atoms with Crippen LogP contribution in [0.3, 0.4) is 0 Å². The van der Waals surface area contributed by atoms with Crippen LogP contribution in [0.5, 0.6) is 0 Å². The topological polar surface area (TPSA) is 123 Å². The Hall–Kier alpha value is -4.03. The molecule has 12 heteroatoms. The SMILES string of the molecule is COCCNc1ccc(C(F)(F)F)cc1NC(=O)c1ccc(C)c(N(N)/C=C(\N)c2cnn(C)c2C)c1. The maximum Gasteiger partial charge on any atom is 0.416 e. The Labute approximate surface area is 212 Å². The van der Waals surface area contributed by atoms with Gasteiger partial charge in [-0.1, -0.05) is 6.07 Å². The molecule has 0 saturated heterocycles. The number of nitrogens with one attached hydrogen (secondary N) is 2. The highest BCUT2D eigenvalue weighted by atomic mass is 19.4. The fraction of sp³-hybridized carbons (Fsp3) is 0.280. The number of carbonyl (C=O) groups is 1. The van der Waals surface area contributed by atoms with Crippen molar-refractivity contribution in [2.75, 3.05) is 35.9 Å². The van der Waals surface area contributed by atoms with Gasteiger partial charge in [-0.25, -0.2) is 5.84 Å². The van der Waals surface area contributed by atoms with E-state index in [1.54, 1.807) is 37.0 Å². The number of benzene rings is 2. The number of amides is 1. The van der Waals surface area contributed by atoms with Gasteiger partial charge in [0.25, 0.3) is 5.91 Å². The van der Waals surface area contributed by atoms with E-state index in [2.05, 4.69) is 15.7 Å². The number of hydrazine groups is 1. The fourth-order valence-electron chi connectivity index (χ4n) is 3.56. The molecule has 3 rings (SSSR count). The van der Waals surface area contributed by atoms with E-state index in [-0.39, 0.29) is 11.3 Å². The molecule has 6 N–H and O–H groups in total. The van der Waals surface area contributed by atoms with Crippen molar-refractivity contribution in [2.24, 2.45) is 18.6 Å². The van der Waals surface area contributed by atoms with Gasteiger partial charge in [0.05, 0.1) is 41.1 Å². The van der Waals surface area contributed by atoms with Gasteiger partial charge in [-0.3, -0.25) is 14.5 Å². The molecule has 0 saturated carbocycles. The molecule has 37 heavy (non-hydrogen) atoms. The number of aromatic nitrogens is 2. The maximum absolute atomic E-state index is 13.3. The number of nitrogens with two attached hydrogens (primary N) is 2. The maximum atomic E-state index is 13.3. The number of hydrogen-bond acceptors (Lipinski definition) is 7. The Balaban J connectivity index is 1.89. The Kier molecular flexibility index (Phi) is 8.46. The molecule has 1 aromatic heterocycles. The van der Waals surface area contributed by atoms with E-state index < -0.39 is 17.6 Å². The van der Waals surface area contributed by atoms with Gasteiger partial charge < -0.3 is 21.1 Å². The molecule has 198 valence electrons. The van der Waals surface area contributed by atoms with E-state index in [1.807, 2.05) is 6.92 Å². The zero-order valence-corrected chi connectivity index (χ0v) is 21.0. The largest absolute Gasteiger partial charge is 0.416 e. The zero-order valence-electron chi connectivity index (χ0n) is 21.0. The van der Waals surface area contributed by atoms with Crippen LogP contribution in [0.15, 0.2) is 48.8 Å². The van der Waals surface area contributed by atoms with Gasteiger partial charge in [0.1, 0.15) is 0 Å². The van der Waals surface area contributed by atoms with Crippen LogP contribution in [-0.2, 0) is 18.0 Å². The lowest BCUT2D eigenvalue weighted by atomic mass is 10.1. The number of nitrogens with zero attached hydrogens (tertiary/aromatic N) is 3. The lowest BCUT2D eigenvalue weighted by Gasteiger charge is -2.19. The standard InChI is InChI=1S/C25H30F3N7O2/c1-15-5-6-17(11-23(15)35(30)14-20(29)19-13-32-34(3)16(19)2)24(36)33-22-12-18(25(26,27)28)7-8-21(22)31-9-10-37-4/h5-8,11-14,31H,9-10,29-30H2,1-4H3,(H,33,36)/b20-14-. The van der Waals surface area contributed by atoms with E-state index in [4.69, 9.17) is 16.3 Å². The second-order valence-corrected chi connectivity index (χ2v) is 8.39. The number of anilines is 3. The number of rotatable bonds is 9. The quantitative estimate of drug-likeness (QED) is 0.192. The minimum Gasteiger partial charge on any atom is -0.397 e. The van der Waals surface area contributed by atoms with Gasteiger partial charge in [-0.2, -0.15) is 18.3 Å². The molecule has 1 amide bonds. The average molecular weight is 518 g/mol. The first-order chi connectivity index (χ1) is 17.4. The summed E-state index contributed by atoms with van der Waals surface area (Å²) in [4.78, 5) is 13.1. The van der Waals surface area contributed by atoms with Crippen molar-refractivity contribution in [3.05, 3.63) is 76.7 Å². The molecule has 0 unspecified atom stereocenters. The van der Waals surface area contributed by atoms with Crippen LogP contribution < -0.4 is 27.2 Å². The summed E-state index contributed by atoms with van der Waals surface area (Å²) >= 11 is 0. The summed E-state index contributed by atoms with van der Waals surface area (Å²) in [6.45, 7) is 4.34. The first kappa shape index (κ1) is 27.6. The van der Waals surface area contributed by atoms with Gasteiger partial charge in [-0.05, 0) is 49.7 Å². The van der Waals surface area contributed by atoms with Gasteiger partial charge in [-0.15, -0.1) is 0 Å². The van der Waals surface area contributed by atoms with Crippen LogP contribution in [0.25, 0.3) is 5.70 Å². The van der Waals surface area contributed by atoms with Gasteiger partial charge in [0.2, 0.25) is 0 Å².